The number of sulfonamides is 1. The molecule has 0 saturated heterocycles. The maximum Gasteiger partial charge on any atom is 0.263 e. The molecule has 1 aliphatic rings. The maximum atomic E-state index is 12.4. The van der Waals surface area contributed by atoms with Gasteiger partial charge in [0, 0.05) is 42.1 Å². The Morgan fingerprint density at radius 2 is 2.12 bits per heavy atom. The number of thioether (sulfide) groups is 1. The van der Waals surface area contributed by atoms with E-state index in [0.717, 1.165) is 28.7 Å². The number of aromatic nitrogens is 3. The molecule has 0 bridgehead atoms. The summed E-state index contributed by atoms with van der Waals surface area (Å²) in [7, 11) is -3.65. The molecule has 24 heavy (non-hydrogen) atoms. The Bertz CT molecular complexity index is 963. The average Bonchev–Trinajstić information content (AvgIpc) is 3.17. The second kappa shape index (κ2) is 5.95. The zero-order valence-corrected chi connectivity index (χ0v) is 14.2. The predicted octanol–water partition coefficient (Wildman–Crippen LogP) is 2.85. The van der Waals surface area contributed by atoms with Gasteiger partial charge >= 0.3 is 0 Å². The van der Waals surface area contributed by atoms with Crippen LogP contribution in [-0.2, 0) is 16.6 Å². The van der Waals surface area contributed by atoms with E-state index in [0.29, 0.717) is 5.69 Å². The van der Waals surface area contributed by atoms with E-state index in [9.17, 15) is 8.42 Å². The van der Waals surface area contributed by atoms with Crippen molar-refractivity contribution in [2.45, 2.75) is 16.6 Å². The predicted molar refractivity (Wildman–Crippen MR) is 93.4 cm³/mol. The molecule has 0 amide bonds. The van der Waals surface area contributed by atoms with Crippen molar-refractivity contribution in [3.05, 3.63) is 55.0 Å². The lowest BCUT2D eigenvalue weighted by molar-refractivity contribution is 0.601. The van der Waals surface area contributed by atoms with E-state index in [-0.39, 0.29) is 4.90 Å². The molecule has 0 radical (unpaired) electrons. The average molecular weight is 358 g/mol. The molecule has 1 N–H and O–H groups in total. The molecule has 3 heterocycles. The quantitative estimate of drug-likeness (QED) is 0.776. The second-order valence-electron chi connectivity index (χ2n) is 5.33. The Balaban J connectivity index is 1.63. The van der Waals surface area contributed by atoms with E-state index in [1.165, 1.54) is 18.5 Å². The van der Waals surface area contributed by atoms with E-state index in [4.69, 9.17) is 0 Å². The lowest BCUT2D eigenvalue weighted by Gasteiger charge is -2.08. The van der Waals surface area contributed by atoms with Gasteiger partial charge in [-0.15, -0.1) is 0 Å². The minimum atomic E-state index is -3.65. The number of pyridine rings is 1. The number of nitrogens with one attached hydrogen (secondary N) is 1. The summed E-state index contributed by atoms with van der Waals surface area (Å²) in [5, 5.41) is 1.01. The van der Waals surface area contributed by atoms with Gasteiger partial charge in [-0.05, 0) is 24.3 Å². The van der Waals surface area contributed by atoms with Gasteiger partial charge in [0.15, 0.2) is 5.16 Å². The first-order valence-corrected chi connectivity index (χ1v) is 9.82. The third-order valence-electron chi connectivity index (χ3n) is 3.66. The molecule has 3 aromatic rings. The van der Waals surface area contributed by atoms with Crippen LogP contribution in [0.1, 0.15) is 0 Å². The van der Waals surface area contributed by atoms with Crippen LogP contribution in [0.4, 0.5) is 5.69 Å². The summed E-state index contributed by atoms with van der Waals surface area (Å²) >= 11 is 1.73. The largest absolute Gasteiger partial charge is 0.325 e. The minimum Gasteiger partial charge on any atom is -0.325 e. The Morgan fingerprint density at radius 3 is 2.92 bits per heavy atom. The van der Waals surface area contributed by atoms with Crippen LogP contribution in [-0.4, -0.2) is 28.7 Å². The summed E-state index contributed by atoms with van der Waals surface area (Å²) in [6, 6.07) is 10.3. The lowest BCUT2D eigenvalue weighted by Crippen LogP contribution is -2.13. The van der Waals surface area contributed by atoms with Gasteiger partial charge in [-0.3, -0.25) is 9.71 Å². The van der Waals surface area contributed by atoms with Gasteiger partial charge in [-0.25, -0.2) is 13.4 Å². The number of rotatable bonds is 4. The number of benzene rings is 1. The molecule has 0 fully saturated rings. The Hall–Kier alpha value is -2.32. The van der Waals surface area contributed by atoms with Crippen LogP contribution in [0.3, 0.4) is 0 Å². The fourth-order valence-electron chi connectivity index (χ4n) is 2.51. The number of hydrogen-bond acceptors (Lipinski definition) is 5. The zero-order chi connectivity index (χ0) is 16.6. The summed E-state index contributed by atoms with van der Waals surface area (Å²) in [5.74, 6) is 1.05. The van der Waals surface area contributed by atoms with Crippen LogP contribution in [0.2, 0.25) is 0 Å². The van der Waals surface area contributed by atoms with Crippen molar-refractivity contribution >= 4 is 27.5 Å². The Kier molecular flexibility index (Phi) is 3.78. The van der Waals surface area contributed by atoms with Gasteiger partial charge in [0.2, 0.25) is 0 Å². The molecule has 122 valence electrons. The minimum absolute atomic E-state index is 0.132. The fraction of sp³-hybridized carbons (Fsp3) is 0.125. The highest BCUT2D eigenvalue weighted by Crippen LogP contribution is 2.30. The Morgan fingerprint density at radius 1 is 1.21 bits per heavy atom. The molecule has 0 unspecified atom stereocenters. The molecule has 0 saturated carbocycles. The van der Waals surface area contributed by atoms with E-state index in [1.807, 2.05) is 18.3 Å². The number of anilines is 1. The summed E-state index contributed by atoms with van der Waals surface area (Å²) in [6.07, 6.45) is 4.86. The van der Waals surface area contributed by atoms with Crippen molar-refractivity contribution in [2.24, 2.45) is 0 Å². The van der Waals surface area contributed by atoms with E-state index >= 15 is 0 Å². The molecule has 0 aliphatic carbocycles. The second-order valence-corrected chi connectivity index (χ2v) is 8.07. The van der Waals surface area contributed by atoms with Gasteiger partial charge in [0.05, 0.1) is 5.69 Å². The third kappa shape index (κ3) is 2.90. The van der Waals surface area contributed by atoms with Crippen LogP contribution in [0.25, 0.3) is 11.3 Å². The highest BCUT2D eigenvalue weighted by atomic mass is 32.2. The first-order chi connectivity index (χ1) is 11.6. The molecular weight excluding hydrogens is 344 g/mol. The number of imidazole rings is 1. The number of nitrogens with zero attached hydrogens (tertiary/aromatic N) is 3. The first kappa shape index (κ1) is 15.2. The monoisotopic (exact) mass is 358 g/mol. The van der Waals surface area contributed by atoms with Gasteiger partial charge in [0.25, 0.3) is 10.0 Å². The molecule has 8 heteroatoms. The van der Waals surface area contributed by atoms with Crippen molar-refractivity contribution in [1.82, 2.24) is 14.5 Å². The molecule has 0 spiro atoms. The van der Waals surface area contributed by atoms with Crippen molar-refractivity contribution in [2.75, 3.05) is 10.5 Å². The third-order valence-corrected chi connectivity index (χ3v) is 6.00. The molecule has 2 aromatic heterocycles. The van der Waals surface area contributed by atoms with Crippen LogP contribution in [0.15, 0.2) is 65.0 Å². The summed E-state index contributed by atoms with van der Waals surface area (Å²) in [6.45, 7) is 0.959. The van der Waals surface area contributed by atoms with Crippen LogP contribution >= 0.6 is 11.8 Å². The molecule has 4 rings (SSSR count). The molecule has 1 aromatic carbocycles. The molecule has 0 atom stereocenters. The van der Waals surface area contributed by atoms with E-state index in [1.54, 1.807) is 30.0 Å². The van der Waals surface area contributed by atoms with Gasteiger partial charge < -0.3 is 4.57 Å². The van der Waals surface area contributed by atoms with Gasteiger partial charge in [-0.1, -0.05) is 23.9 Å². The van der Waals surface area contributed by atoms with Crippen LogP contribution in [0, 0.1) is 0 Å². The zero-order valence-electron chi connectivity index (χ0n) is 12.6. The van der Waals surface area contributed by atoms with Gasteiger partial charge in [-0.2, -0.15) is 0 Å². The van der Waals surface area contributed by atoms with Gasteiger partial charge in [0.1, 0.15) is 4.90 Å². The fourth-order valence-corrected chi connectivity index (χ4v) is 4.47. The van der Waals surface area contributed by atoms with E-state index < -0.39 is 10.0 Å². The first-order valence-electron chi connectivity index (χ1n) is 7.35. The van der Waals surface area contributed by atoms with E-state index in [2.05, 4.69) is 19.3 Å². The highest BCUT2D eigenvalue weighted by Gasteiger charge is 2.17. The summed E-state index contributed by atoms with van der Waals surface area (Å²) in [4.78, 5) is 8.58. The van der Waals surface area contributed by atoms with Crippen molar-refractivity contribution < 1.29 is 8.42 Å². The standard InChI is InChI=1S/C16H14N4O2S2/c21-24(22,14-5-2-6-17-10-14)19-13-4-1-3-12(9-13)15-11-20-7-8-23-16(20)18-15/h1-6,9-11,19H,7-8H2. The summed E-state index contributed by atoms with van der Waals surface area (Å²) < 4.78 is 29.5. The van der Waals surface area contributed by atoms with Crippen molar-refractivity contribution in [1.29, 1.82) is 0 Å². The highest BCUT2D eigenvalue weighted by molar-refractivity contribution is 7.99. The van der Waals surface area contributed by atoms with Crippen molar-refractivity contribution in [3.8, 4) is 11.3 Å². The normalized spacial score (nSPS) is 13.7. The SMILES string of the molecule is O=S(=O)(Nc1cccc(-c2cn3c(n2)SCC3)c1)c1cccnc1. The van der Waals surface area contributed by atoms with Crippen molar-refractivity contribution in [3.63, 3.8) is 0 Å². The Labute approximate surface area is 144 Å². The van der Waals surface area contributed by atoms with Crippen LogP contribution in [0.5, 0.6) is 0 Å². The number of aryl methyl sites for hydroxylation is 1. The lowest BCUT2D eigenvalue weighted by atomic mass is 10.1. The van der Waals surface area contributed by atoms with Crippen LogP contribution < -0.4 is 4.72 Å². The number of fused-ring (bicyclic) bond motifs is 1. The topological polar surface area (TPSA) is 76.9 Å². The number of hydrogen-bond donors (Lipinski definition) is 1. The summed E-state index contributed by atoms with van der Waals surface area (Å²) in [5.41, 5.74) is 2.22. The molecule has 6 nitrogen and oxygen atoms in total. The molecular formula is C16H14N4O2S2. The smallest absolute Gasteiger partial charge is 0.263 e. The molecule has 1 aliphatic heterocycles. The maximum absolute atomic E-state index is 12.4.